The number of amides is 1. The zero-order chi connectivity index (χ0) is 16.4. The van der Waals surface area contributed by atoms with Crippen LogP contribution in [0.2, 0.25) is 0 Å². The summed E-state index contributed by atoms with van der Waals surface area (Å²) < 4.78 is 6.03. The molecule has 2 aliphatic rings. The van der Waals surface area contributed by atoms with Gasteiger partial charge in [-0.05, 0) is 36.7 Å². The number of hydrogen-bond acceptors (Lipinski definition) is 3. The van der Waals surface area contributed by atoms with E-state index in [9.17, 15) is 9.59 Å². The quantitative estimate of drug-likeness (QED) is 0.926. The second kappa shape index (κ2) is 6.71. The summed E-state index contributed by atoms with van der Waals surface area (Å²) in [6, 6.07) is 10.2. The van der Waals surface area contributed by atoms with Crippen LogP contribution >= 0.6 is 0 Å². The molecule has 1 aromatic rings. The van der Waals surface area contributed by atoms with Crippen molar-refractivity contribution in [2.75, 3.05) is 13.2 Å². The molecule has 23 heavy (non-hydrogen) atoms. The fourth-order valence-corrected chi connectivity index (χ4v) is 4.05. The minimum Gasteiger partial charge on any atom is -0.480 e. The van der Waals surface area contributed by atoms with Crippen LogP contribution in [0.3, 0.4) is 0 Å². The van der Waals surface area contributed by atoms with Gasteiger partial charge in [0.1, 0.15) is 6.54 Å². The summed E-state index contributed by atoms with van der Waals surface area (Å²) in [5.74, 6) is -0.185. The van der Waals surface area contributed by atoms with E-state index in [-0.39, 0.29) is 24.6 Å². The Morgan fingerprint density at radius 3 is 2.52 bits per heavy atom. The lowest BCUT2D eigenvalue weighted by molar-refractivity contribution is -0.145. The second-order valence-corrected chi connectivity index (χ2v) is 6.65. The van der Waals surface area contributed by atoms with Gasteiger partial charge < -0.3 is 14.7 Å². The van der Waals surface area contributed by atoms with Crippen LogP contribution in [0, 0.1) is 11.8 Å². The van der Waals surface area contributed by atoms with Crippen LogP contribution in [0.1, 0.15) is 37.9 Å². The molecule has 0 spiro atoms. The van der Waals surface area contributed by atoms with Crippen molar-refractivity contribution < 1.29 is 19.4 Å². The molecular weight excluding hydrogens is 294 g/mol. The molecule has 2 fully saturated rings. The SMILES string of the molecule is CC(=O)N(CC(=O)O)[C@@H]1C[C@@H]2CO[C@H](c3ccccc3)C[C@@H]2C1. The average molecular weight is 317 g/mol. The molecule has 0 aromatic heterocycles. The van der Waals surface area contributed by atoms with Gasteiger partial charge in [-0.3, -0.25) is 9.59 Å². The number of carboxylic acid groups (broad SMARTS) is 1. The number of hydrogen-bond donors (Lipinski definition) is 1. The summed E-state index contributed by atoms with van der Waals surface area (Å²) in [6.45, 7) is 1.94. The van der Waals surface area contributed by atoms with Gasteiger partial charge in [0.25, 0.3) is 0 Å². The van der Waals surface area contributed by atoms with Gasteiger partial charge in [-0.25, -0.2) is 0 Å². The van der Waals surface area contributed by atoms with E-state index in [0.29, 0.717) is 18.4 Å². The lowest BCUT2D eigenvalue weighted by Gasteiger charge is -2.32. The fourth-order valence-electron chi connectivity index (χ4n) is 4.05. The molecule has 5 heteroatoms. The summed E-state index contributed by atoms with van der Waals surface area (Å²) in [5.41, 5.74) is 1.20. The smallest absolute Gasteiger partial charge is 0.323 e. The predicted molar refractivity (Wildman–Crippen MR) is 84.8 cm³/mol. The van der Waals surface area contributed by atoms with Gasteiger partial charge in [-0.1, -0.05) is 30.3 Å². The van der Waals surface area contributed by atoms with Crippen molar-refractivity contribution in [3.05, 3.63) is 35.9 Å². The zero-order valence-electron chi connectivity index (χ0n) is 13.4. The largest absolute Gasteiger partial charge is 0.480 e. The van der Waals surface area contributed by atoms with E-state index in [2.05, 4.69) is 12.1 Å². The molecule has 0 bridgehead atoms. The highest BCUT2D eigenvalue weighted by atomic mass is 16.5. The first-order valence-electron chi connectivity index (χ1n) is 8.20. The number of carbonyl (C=O) groups excluding carboxylic acids is 1. The fraction of sp³-hybridized carbons (Fsp3) is 0.556. The Kier molecular flexibility index (Phi) is 4.66. The highest BCUT2D eigenvalue weighted by molar-refractivity contribution is 5.79. The minimum absolute atomic E-state index is 0.0247. The highest BCUT2D eigenvalue weighted by Gasteiger charge is 2.42. The number of nitrogens with zero attached hydrogens (tertiary/aromatic N) is 1. The Bertz CT molecular complexity index is 574. The molecule has 1 heterocycles. The van der Waals surface area contributed by atoms with Gasteiger partial charge in [-0.15, -0.1) is 0 Å². The zero-order valence-corrected chi connectivity index (χ0v) is 13.4. The standard InChI is InChI=1S/C18H23NO4/c1-12(20)19(10-18(21)22)16-7-14-9-17(23-11-15(14)8-16)13-5-3-2-4-6-13/h2-6,14-17H,7-11H2,1H3,(H,21,22)/t14-,15+,16-,17-/m0/s1. The van der Waals surface area contributed by atoms with Crippen LogP contribution < -0.4 is 0 Å². The molecule has 1 amide bonds. The van der Waals surface area contributed by atoms with E-state index in [1.165, 1.54) is 17.4 Å². The Balaban J connectivity index is 1.66. The topological polar surface area (TPSA) is 66.8 Å². The molecule has 124 valence electrons. The van der Waals surface area contributed by atoms with Crippen molar-refractivity contribution in [1.82, 2.24) is 4.90 Å². The van der Waals surface area contributed by atoms with E-state index in [1.807, 2.05) is 18.2 Å². The first kappa shape index (κ1) is 16.0. The van der Waals surface area contributed by atoms with Crippen LogP contribution in [-0.4, -0.2) is 41.1 Å². The molecule has 0 radical (unpaired) electrons. The van der Waals surface area contributed by atoms with Crippen molar-refractivity contribution in [1.29, 1.82) is 0 Å². The Morgan fingerprint density at radius 1 is 1.17 bits per heavy atom. The highest BCUT2D eigenvalue weighted by Crippen LogP contribution is 2.45. The summed E-state index contributed by atoms with van der Waals surface area (Å²) in [5, 5.41) is 9.02. The van der Waals surface area contributed by atoms with Gasteiger partial charge in [0, 0.05) is 13.0 Å². The third-order valence-electron chi connectivity index (χ3n) is 5.17. The normalized spacial score (nSPS) is 29.8. The Morgan fingerprint density at radius 2 is 1.87 bits per heavy atom. The summed E-state index contributed by atoms with van der Waals surface area (Å²) in [4.78, 5) is 24.3. The molecule has 5 nitrogen and oxygen atoms in total. The van der Waals surface area contributed by atoms with E-state index in [4.69, 9.17) is 9.84 Å². The van der Waals surface area contributed by atoms with Crippen LogP contribution in [0.5, 0.6) is 0 Å². The molecule has 1 aromatic carbocycles. The molecular formula is C18H23NO4. The van der Waals surface area contributed by atoms with Crippen molar-refractivity contribution in [2.45, 2.75) is 38.3 Å². The predicted octanol–water partition coefficient (Wildman–Crippen LogP) is 2.48. The maximum absolute atomic E-state index is 11.8. The molecule has 0 unspecified atom stereocenters. The summed E-state index contributed by atoms with van der Waals surface area (Å²) >= 11 is 0. The molecule has 1 aliphatic heterocycles. The van der Waals surface area contributed by atoms with Gasteiger partial charge in [0.2, 0.25) is 5.91 Å². The molecule has 1 saturated carbocycles. The van der Waals surface area contributed by atoms with Crippen LogP contribution in [-0.2, 0) is 14.3 Å². The maximum atomic E-state index is 11.8. The number of benzene rings is 1. The van der Waals surface area contributed by atoms with E-state index >= 15 is 0 Å². The Hall–Kier alpha value is -1.88. The second-order valence-electron chi connectivity index (χ2n) is 6.65. The monoisotopic (exact) mass is 317 g/mol. The molecule has 4 atom stereocenters. The molecule has 3 rings (SSSR count). The first-order valence-corrected chi connectivity index (χ1v) is 8.20. The maximum Gasteiger partial charge on any atom is 0.323 e. The summed E-state index contributed by atoms with van der Waals surface area (Å²) in [7, 11) is 0. The van der Waals surface area contributed by atoms with E-state index < -0.39 is 5.97 Å². The van der Waals surface area contributed by atoms with Crippen molar-refractivity contribution in [2.24, 2.45) is 11.8 Å². The minimum atomic E-state index is -0.950. The Labute approximate surface area is 136 Å². The van der Waals surface area contributed by atoms with Gasteiger partial charge in [0.15, 0.2) is 0 Å². The number of rotatable bonds is 4. The van der Waals surface area contributed by atoms with Crippen LogP contribution in [0.4, 0.5) is 0 Å². The lowest BCUT2D eigenvalue weighted by Crippen LogP contribution is -2.41. The third-order valence-corrected chi connectivity index (χ3v) is 5.17. The number of aliphatic carboxylic acids is 1. The van der Waals surface area contributed by atoms with Crippen molar-refractivity contribution >= 4 is 11.9 Å². The lowest BCUT2D eigenvalue weighted by atomic mass is 9.86. The van der Waals surface area contributed by atoms with Crippen molar-refractivity contribution in [3.8, 4) is 0 Å². The van der Waals surface area contributed by atoms with Gasteiger partial charge in [0.05, 0.1) is 12.7 Å². The molecule has 1 saturated heterocycles. The number of ether oxygens (including phenoxy) is 1. The van der Waals surface area contributed by atoms with Gasteiger partial charge >= 0.3 is 5.97 Å². The van der Waals surface area contributed by atoms with Gasteiger partial charge in [-0.2, -0.15) is 0 Å². The van der Waals surface area contributed by atoms with Crippen molar-refractivity contribution in [3.63, 3.8) is 0 Å². The van der Waals surface area contributed by atoms with E-state index in [0.717, 1.165) is 19.3 Å². The molecule has 1 aliphatic carbocycles. The van der Waals surface area contributed by atoms with Crippen LogP contribution in [0.15, 0.2) is 30.3 Å². The van der Waals surface area contributed by atoms with Crippen LogP contribution in [0.25, 0.3) is 0 Å². The number of carbonyl (C=O) groups is 2. The third kappa shape index (κ3) is 3.55. The first-order chi connectivity index (χ1) is 11.0. The average Bonchev–Trinajstić information content (AvgIpc) is 2.95. The number of carboxylic acids is 1. The van der Waals surface area contributed by atoms with E-state index in [1.54, 1.807) is 0 Å². The summed E-state index contributed by atoms with van der Waals surface area (Å²) in [6.07, 6.45) is 2.79. The molecule has 1 N–H and O–H groups in total. The number of fused-ring (bicyclic) bond motifs is 1.